The molecule has 2 nitrogen and oxygen atoms in total. The minimum atomic E-state index is -0.352. The van der Waals surface area contributed by atoms with Crippen LogP contribution in [-0.2, 0) is 9.53 Å². The predicted octanol–water partition coefficient (Wildman–Crippen LogP) is 3.28. The van der Waals surface area contributed by atoms with Gasteiger partial charge in [-0.15, -0.1) is 0 Å². The number of carbonyl (C=O) groups excluding carboxylic acids is 1. The van der Waals surface area contributed by atoms with Crippen molar-refractivity contribution in [2.24, 2.45) is 11.8 Å². The van der Waals surface area contributed by atoms with Gasteiger partial charge in [0.05, 0.1) is 6.10 Å². The normalized spacial score (nSPS) is 32.6. The van der Waals surface area contributed by atoms with Crippen LogP contribution in [0.3, 0.4) is 0 Å². The Hall–Kier alpha value is -0.890. The Labute approximate surface area is 104 Å². The van der Waals surface area contributed by atoms with Crippen LogP contribution in [0.5, 0.6) is 0 Å². The Bertz CT molecular complexity index is 365. The molecule has 0 spiro atoms. The number of hydrogen-bond acceptors (Lipinski definition) is 2. The molecule has 1 aliphatic carbocycles. The summed E-state index contributed by atoms with van der Waals surface area (Å²) in [6.07, 6.45) is 4.69. The highest BCUT2D eigenvalue weighted by Crippen LogP contribution is 2.40. The van der Waals surface area contributed by atoms with E-state index in [1.165, 1.54) is 5.57 Å². The van der Waals surface area contributed by atoms with Gasteiger partial charge in [-0.2, -0.15) is 0 Å². The summed E-state index contributed by atoms with van der Waals surface area (Å²) in [5.74, 6) is 0.948. The third-order valence-corrected chi connectivity index (χ3v) is 3.70. The fourth-order valence-corrected chi connectivity index (χ4v) is 2.79. The van der Waals surface area contributed by atoms with Crippen LogP contribution in [0, 0.1) is 11.8 Å². The van der Waals surface area contributed by atoms with E-state index in [1.54, 1.807) is 0 Å². The monoisotopic (exact) mass is 234 g/mol. The molecule has 0 aromatic rings. The van der Waals surface area contributed by atoms with Gasteiger partial charge in [0.15, 0.2) is 5.78 Å². The van der Waals surface area contributed by atoms with Gasteiger partial charge < -0.3 is 4.74 Å². The summed E-state index contributed by atoms with van der Waals surface area (Å²) in [6.45, 7) is 10.4. The maximum Gasteiger partial charge on any atom is 0.166 e. The van der Waals surface area contributed by atoms with Crippen LogP contribution in [0.2, 0.25) is 0 Å². The van der Waals surface area contributed by atoms with Crippen molar-refractivity contribution in [3.05, 3.63) is 23.8 Å². The van der Waals surface area contributed by atoms with Gasteiger partial charge in [-0.25, -0.2) is 0 Å². The Morgan fingerprint density at radius 3 is 2.94 bits per heavy atom. The van der Waals surface area contributed by atoms with Gasteiger partial charge in [0.1, 0.15) is 6.10 Å². The Kier molecular flexibility index (Phi) is 3.53. The van der Waals surface area contributed by atoms with Gasteiger partial charge in [0.2, 0.25) is 0 Å². The number of hydrogen-bond donors (Lipinski definition) is 0. The molecule has 2 aliphatic rings. The molecular weight excluding hydrogens is 212 g/mol. The molecule has 2 heteroatoms. The summed E-state index contributed by atoms with van der Waals surface area (Å²) >= 11 is 0. The zero-order valence-corrected chi connectivity index (χ0v) is 11.0. The highest BCUT2D eigenvalue weighted by Gasteiger charge is 2.41. The smallest absolute Gasteiger partial charge is 0.166 e. The predicted molar refractivity (Wildman–Crippen MR) is 68.7 cm³/mol. The molecule has 0 saturated carbocycles. The number of Topliss-reactive ketones (excluding diaryl/α,β-unsaturated/α-hetero) is 1. The lowest BCUT2D eigenvalue weighted by atomic mass is 9.83. The van der Waals surface area contributed by atoms with E-state index >= 15 is 0 Å². The summed E-state index contributed by atoms with van der Waals surface area (Å²) in [5.41, 5.74) is 2.38. The van der Waals surface area contributed by atoms with Gasteiger partial charge >= 0.3 is 0 Å². The summed E-state index contributed by atoms with van der Waals surface area (Å²) in [5, 5.41) is 0. The summed E-state index contributed by atoms with van der Waals surface area (Å²) < 4.78 is 5.89. The average Bonchev–Trinajstić information content (AvgIpc) is 2.54. The second-order valence-electron chi connectivity index (χ2n) is 5.78. The quantitative estimate of drug-likeness (QED) is 0.700. The van der Waals surface area contributed by atoms with Gasteiger partial charge in [-0.3, -0.25) is 4.79 Å². The second kappa shape index (κ2) is 4.77. The first-order valence-electron chi connectivity index (χ1n) is 6.53. The fourth-order valence-electron chi connectivity index (χ4n) is 2.79. The van der Waals surface area contributed by atoms with Crippen molar-refractivity contribution in [1.82, 2.24) is 0 Å². The van der Waals surface area contributed by atoms with Gasteiger partial charge in [0, 0.05) is 12.3 Å². The number of carbonyl (C=O) groups is 1. The molecule has 0 bridgehead atoms. The Balaban J connectivity index is 2.09. The maximum absolute atomic E-state index is 12.1. The van der Waals surface area contributed by atoms with Crippen molar-refractivity contribution in [2.45, 2.75) is 52.2 Å². The molecule has 0 amide bonds. The van der Waals surface area contributed by atoms with Crippen molar-refractivity contribution in [3.63, 3.8) is 0 Å². The molecular formula is C15H22O2. The molecule has 3 atom stereocenters. The van der Waals surface area contributed by atoms with Crippen LogP contribution in [0.1, 0.15) is 40.0 Å². The molecule has 1 saturated heterocycles. The lowest BCUT2D eigenvalue weighted by Gasteiger charge is -2.21. The van der Waals surface area contributed by atoms with Crippen LogP contribution in [0.25, 0.3) is 0 Å². The van der Waals surface area contributed by atoms with Crippen LogP contribution < -0.4 is 0 Å². The van der Waals surface area contributed by atoms with E-state index in [0.717, 1.165) is 18.4 Å². The standard InChI is InChI=1S/C15H22O2/c1-9(2)7-13(16)15-11(4)12-6-5-10(3)8-14(12)17-15/h8-9,12,14-15H,4-7H2,1-3H3/t12-,14-,15+/m1/s1. The third-order valence-electron chi connectivity index (χ3n) is 3.70. The molecule has 94 valence electrons. The number of fused-ring (bicyclic) bond motifs is 1. The molecule has 1 heterocycles. The molecule has 0 unspecified atom stereocenters. The molecule has 2 rings (SSSR count). The van der Waals surface area contributed by atoms with E-state index in [-0.39, 0.29) is 18.0 Å². The first kappa shape index (κ1) is 12.6. The fraction of sp³-hybridized carbons (Fsp3) is 0.667. The van der Waals surface area contributed by atoms with Crippen molar-refractivity contribution in [3.8, 4) is 0 Å². The minimum absolute atomic E-state index is 0.0948. The molecule has 0 radical (unpaired) electrons. The van der Waals surface area contributed by atoms with Crippen LogP contribution in [0.15, 0.2) is 23.8 Å². The van der Waals surface area contributed by atoms with E-state index < -0.39 is 0 Å². The molecule has 1 fully saturated rings. The lowest BCUT2D eigenvalue weighted by molar-refractivity contribution is -0.128. The second-order valence-corrected chi connectivity index (χ2v) is 5.78. The Morgan fingerprint density at radius 1 is 1.59 bits per heavy atom. The number of ether oxygens (including phenoxy) is 1. The topological polar surface area (TPSA) is 26.3 Å². The highest BCUT2D eigenvalue weighted by molar-refractivity contribution is 5.86. The van der Waals surface area contributed by atoms with E-state index in [2.05, 4.69) is 33.4 Å². The first-order chi connectivity index (χ1) is 7.99. The van der Waals surface area contributed by atoms with Crippen molar-refractivity contribution in [1.29, 1.82) is 0 Å². The van der Waals surface area contributed by atoms with E-state index in [4.69, 9.17) is 4.74 Å². The molecule has 0 aromatic heterocycles. The molecule has 0 N–H and O–H groups in total. The van der Waals surface area contributed by atoms with Crippen molar-refractivity contribution < 1.29 is 9.53 Å². The zero-order valence-electron chi connectivity index (χ0n) is 11.0. The lowest BCUT2D eigenvalue weighted by Crippen LogP contribution is -2.23. The largest absolute Gasteiger partial charge is 0.358 e. The number of ketones is 1. The SMILES string of the molecule is C=C1[C@@H](C(=O)CC(C)C)O[C@@H]2C=C(C)CC[C@H]12. The number of allylic oxidation sites excluding steroid dienone is 1. The highest BCUT2D eigenvalue weighted by atomic mass is 16.5. The average molecular weight is 234 g/mol. The summed E-state index contributed by atoms with van der Waals surface area (Å²) in [4.78, 5) is 12.1. The van der Waals surface area contributed by atoms with E-state index in [1.807, 2.05) is 0 Å². The van der Waals surface area contributed by atoms with Crippen molar-refractivity contribution in [2.75, 3.05) is 0 Å². The van der Waals surface area contributed by atoms with Crippen LogP contribution in [0.4, 0.5) is 0 Å². The van der Waals surface area contributed by atoms with E-state index in [9.17, 15) is 4.79 Å². The number of rotatable bonds is 3. The van der Waals surface area contributed by atoms with Gasteiger partial charge in [-0.1, -0.05) is 32.1 Å². The summed E-state index contributed by atoms with van der Waals surface area (Å²) in [6, 6.07) is 0. The van der Waals surface area contributed by atoms with Gasteiger partial charge in [0.25, 0.3) is 0 Å². The molecule has 17 heavy (non-hydrogen) atoms. The maximum atomic E-state index is 12.1. The van der Waals surface area contributed by atoms with E-state index in [0.29, 0.717) is 18.3 Å². The van der Waals surface area contributed by atoms with Crippen LogP contribution in [-0.4, -0.2) is 18.0 Å². The zero-order chi connectivity index (χ0) is 12.6. The van der Waals surface area contributed by atoms with Crippen LogP contribution >= 0.6 is 0 Å². The molecule has 1 aliphatic heterocycles. The first-order valence-corrected chi connectivity index (χ1v) is 6.53. The minimum Gasteiger partial charge on any atom is -0.358 e. The summed E-state index contributed by atoms with van der Waals surface area (Å²) in [7, 11) is 0. The molecule has 0 aromatic carbocycles. The van der Waals surface area contributed by atoms with Crippen molar-refractivity contribution >= 4 is 5.78 Å². The van der Waals surface area contributed by atoms with Gasteiger partial charge in [-0.05, 0) is 31.3 Å². The third kappa shape index (κ3) is 2.52. The Morgan fingerprint density at radius 2 is 2.29 bits per heavy atom.